The summed E-state index contributed by atoms with van der Waals surface area (Å²) >= 11 is 0. The predicted octanol–water partition coefficient (Wildman–Crippen LogP) is 1.11. The molecule has 1 aromatic rings. The second kappa shape index (κ2) is 9.92. The highest BCUT2D eigenvalue weighted by molar-refractivity contribution is 5.13. The Kier molecular flexibility index (Phi) is 8.41. The Labute approximate surface area is 116 Å². The van der Waals surface area contributed by atoms with E-state index in [2.05, 4.69) is 10.2 Å². The highest BCUT2D eigenvalue weighted by Gasteiger charge is 2.08. The molecular formula is C15H26N2O2. The molecule has 0 amide bonds. The fourth-order valence-corrected chi connectivity index (χ4v) is 1.92. The predicted molar refractivity (Wildman–Crippen MR) is 78.1 cm³/mol. The van der Waals surface area contributed by atoms with Crippen LogP contribution in [0.1, 0.15) is 12.0 Å². The number of nitrogens with one attached hydrogen (secondary N) is 1. The zero-order chi connectivity index (χ0) is 13.9. The third-order valence-electron chi connectivity index (χ3n) is 2.91. The second-order valence-corrected chi connectivity index (χ2v) is 4.87. The van der Waals surface area contributed by atoms with E-state index in [0.717, 1.165) is 25.1 Å². The van der Waals surface area contributed by atoms with E-state index in [1.807, 2.05) is 44.4 Å². The summed E-state index contributed by atoms with van der Waals surface area (Å²) in [4.78, 5) is 2.13. The molecule has 19 heavy (non-hydrogen) atoms. The van der Waals surface area contributed by atoms with E-state index < -0.39 is 6.10 Å². The van der Waals surface area contributed by atoms with E-state index in [1.165, 1.54) is 0 Å². The minimum Gasteiger partial charge on any atom is -0.389 e. The molecule has 0 radical (unpaired) electrons. The first kappa shape index (κ1) is 16.1. The largest absolute Gasteiger partial charge is 0.389 e. The second-order valence-electron chi connectivity index (χ2n) is 4.87. The third kappa shape index (κ3) is 7.95. The Bertz CT molecular complexity index is 319. The van der Waals surface area contributed by atoms with Gasteiger partial charge in [-0.05, 0) is 39.2 Å². The summed E-state index contributed by atoms with van der Waals surface area (Å²) in [5.41, 5.74) is 1.14. The summed E-state index contributed by atoms with van der Waals surface area (Å²) in [7, 11) is 3.97. The van der Waals surface area contributed by atoms with Crippen LogP contribution in [0.15, 0.2) is 30.3 Å². The van der Waals surface area contributed by atoms with E-state index >= 15 is 0 Å². The molecule has 1 aromatic carbocycles. The van der Waals surface area contributed by atoms with Crippen molar-refractivity contribution in [1.29, 1.82) is 0 Å². The van der Waals surface area contributed by atoms with Gasteiger partial charge in [0.15, 0.2) is 0 Å². The van der Waals surface area contributed by atoms with Crippen LogP contribution in [-0.2, 0) is 11.3 Å². The first-order valence-corrected chi connectivity index (χ1v) is 6.85. The monoisotopic (exact) mass is 266 g/mol. The van der Waals surface area contributed by atoms with Gasteiger partial charge in [-0.1, -0.05) is 30.3 Å². The molecule has 2 N–H and O–H groups in total. The summed E-state index contributed by atoms with van der Waals surface area (Å²) in [5.74, 6) is 0. The number of likely N-dealkylation sites (N-methyl/N-ethyl adjacent to an activating group) is 1. The minimum absolute atomic E-state index is 0.380. The first-order chi connectivity index (χ1) is 9.22. The maximum atomic E-state index is 9.87. The van der Waals surface area contributed by atoms with Crippen molar-refractivity contribution in [3.8, 4) is 0 Å². The van der Waals surface area contributed by atoms with E-state index in [-0.39, 0.29) is 0 Å². The number of aliphatic hydroxyl groups excluding tert-OH is 1. The lowest BCUT2D eigenvalue weighted by atomic mass is 10.2. The van der Waals surface area contributed by atoms with E-state index in [4.69, 9.17) is 4.74 Å². The Hall–Kier alpha value is -0.940. The summed E-state index contributed by atoms with van der Waals surface area (Å²) < 4.78 is 5.52. The van der Waals surface area contributed by atoms with Crippen LogP contribution in [0.25, 0.3) is 0 Å². The lowest BCUT2D eigenvalue weighted by Crippen LogP contribution is -2.33. The van der Waals surface area contributed by atoms with Crippen molar-refractivity contribution in [2.45, 2.75) is 19.1 Å². The Balaban J connectivity index is 2.08. The summed E-state index contributed by atoms with van der Waals surface area (Å²) in [6.07, 6.45) is 0.660. The van der Waals surface area contributed by atoms with Crippen molar-refractivity contribution >= 4 is 0 Å². The Morgan fingerprint density at radius 3 is 2.74 bits per heavy atom. The number of ether oxygens (including phenoxy) is 1. The van der Waals surface area contributed by atoms with Gasteiger partial charge in [0.05, 0.1) is 19.3 Å². The van der Waals surface area contributed by atoms with Crippen LogP contribution in [0, 0.1) is 0 Å². The van der Waals surface area contributed by atoms with Crippen molar-refractivity contribution in [3.05, 3.63) is 35.9 Å². The molecule has 0 saturated carbocycles. The van der Waals surface area contributed by atoms with Gasteiger partial charge in [0.2, 0.25) is 0 Å². The number of benzene rings is 1. The van der Waals surface area contributed by atoms with Crippen molar-refractivity contribution < 1.29 is 9.84 Å². The van der Waals surface area contributed by atoms with Crippen LogP contribution in [-0.4, -0.2) is 56.4 Å². The zero-order valence-corrected chi connectivity index (χ0v) is 12.0. The van der Waals surface area contributed by atoms with E-state index in [0.29, 0.717) is 19.8 Å². The number of hydrogen-bond donors (Lipinski definition) is 2. The van der Waals surface area contributed by atoms with Gasteiger partial charge in [0, 0.05) is 6.54 Å². The number of aliphatic hydroxyl groups is 1. The van der Waals surface area contributed by atoms with Crippen molar-refractivity contribution in [2.75, 3.05) is 40.3 Å². The van der Waals surface area contributed by atoms with Crippen LogP contribution in [0.3, 0.4) is 0 Å². The molecule has 0 fully saturated rings. The fraction of sp³-hybridized carbons (Fsp3) is 0.600. The molecule has 1 unspecified atom stereocenters. The van der Waals surface area contributed by atoms with Gasteiger partial charge in [0.25, 0.3) is 0 Å². The topological polar surface area (TPSA) is 44.7 Å². The Morgan fingerprint density at radius 2 is 2.05 bits per heavy atom. The van der Waals surface area contributed by atoms with Crippen LogP contribution >= 0.6 is 0 Å². The third-order valence-corrected chi connectivity index (χ3v) is 2.91. The van der Waals surface area contributed by atoms with Gasteiger partial charge in [0.1, 0.15) is 0 Å². The van der Waals surface area contributed by atoms with Gasteiger partial charge in [-0.2, -0.15) is 0 Å². The molecule has 0 bridgehead atoms. The van der Waals surface area contributed by atoms with Gasteiger partial charge in [-0.3, -0.25) is 0 Å². The quantitative estimate of drug-likeness (QED) is 0.623. The van der Waals surface area contributed by atoms with E-state index in [1.54, 1.807) is 0 Å². The standard InChI is InChI=1S/C15H26N2O2/c1-16-9-6-10-17(2)11-15(18)13-19-12-14-7-4-3-5-8-14/h3-5,7-8,15-16,18H,6,9-13H2,1-2H3. The van der Waals surface area contributed by atoms with Crippen LogP contribution in [0.2, 0.25) is 0 Å². The molecule has 0 aliphatic heterocycles. The molecule has 0 aliphatic carbocycles. The molecule has 0 saturated heterocycles. The summed E-state index contributed by atoms with van der Waals surface area (Å²) in [5, 5.41) is 13.0. The lowest BCUT2D eigenvalue weighted by Gasteiger charge is -2.20. The van der Waals surface area contributed by atoms with Gasteiger partial charge >= 0.3 is 0 Å². The maximum absolute atomic E-state index is 9.87. The smallest absolute Gasteiger partial charge is 0.0900 e. The van der Waals surface area contributed by atoms with Crippen LogP contribution < -0.4 is 5.32 Å². The van der Waals surface area contributed by atoms with E-state index in [9.17, 15) is 5.11 Å². The van der Waals surface area contributed by atoms with Gasteiger partial charge < -0.3 is 20.1 Å². The summed E-state index contributed by atoms with van der Waals surface area (Å²) in [6.45, 7) is 3.58. The fourth-order valence-electron chi connectivity index (χ4n) is 1.92. The number of nitrogens with zero attached hydrogens (tertiary/aromatic N) is 1. The average Bonchev–Trinajstić information content (AvgIpc) is 2.40. The number of hydrogen-bond acceptors (Lipinski definition) is 4. The highest BCUT2D eigenvalue weighted by Crippen LogP contribution is 2.01. The molecule has 108 valence electrons. The van der Waals surface area contributed by atoms with Gasteiger partial charge in [-0.15, -0.1) is 0 Å². The first-order valence-electron chi connectivity index (χ1n) is 6.85. The SMILES string of the molecule is CNCCCN(C)CC(O)COCc1ccccc1. The van der Waals surface area contributed by atoms with Gasteiger partial charge in [-0.25, -0.2) is 0 Å². The molecule has 1 rings (SSSR count). The highest BCUT2D eigenvalue weighted by atomic mass is 16.5. The molecule has 1 atom stereocenters. The zero-order valence-electron chi connectivity index (χ0n) is 12.0. The summed E-state index contributed by atoms with van der Waals surface area (Å²) in [6, 6.07) is 10.0. The lowest BCUT2D eigenvalue weighted by molar-refractivity contribution is 0.0136. The Morgan fingerprint density at radius 1 is 1.32 bits per heavy atom. The maximum Gasteiger partial charge on any atom is 0.0900 e. The minimum atomic E-state index is -0.428. The average molecular weight is 266 g/mol. The van der Waals surface area contributed by atoms with Crippen LogP contribution in [0.5, 0.6) is 0 Å². The molecular weight excluding hydrogens is 240 g/mol. The van der Waals surface area contributed by atoms with Crippen molar-refractivity contribution in [2.24, 2.45) is 0 Å². The van der Waals surface area contributed by atoms with Crippen molar-refractivity contribution in [3.63, 3.8) is 0 Å². The number of rotatable bonds is 10. The molecule has 0 heterocycles. The van der Waals surface area contributed by atoms with Crippen LogP contribution in [0.4, 0.5) is 0 Å². The molecule has 4 heteroatoms. The molecule has 0 aliphatic rings. The normalized spacial score (nSPS) is 12.8. The molecule has 4 nitrogen and oxygen atoms in total. The molecule has 0 aromatic heterocycles. The molecule has 0 spiro atoms. The van der Waals surface area contributed by atoms with Crippen molar-refractivity contribution in [1.82, 2.24) is 10.2 Å².